The Bertz CT molecular complexity index is 881. The monoisotopic (exact) mass is 361 g/mol. The molecule has 138 valence electrons. The molecule has 0 bridgehead atoms. The number of benzene rings is 2. The van der Waals surface area contributed by atoms with Gasteiger partial charge in [-0.25, -0.2) is 0 Å². The van der Waals surface area contributed by atoms with E-state index in [4.69, 9.17) is 4.74 Å². The quantitative estimate of drug-likeness (QED) is 0.590. The molecular formula is C22H23N3O2. The van der Waals surface area contributed by atoms with Crippen molar-refractivity contribution in [1.29, 1.82) is 0 Å². The molecule has 3 rings (SSSR count). The number of aromatic nitrogens is 1. The molecule has 2 aromatic carbocycles. The Hall–Kier alpha value is -3.34. The summed E-state index contributed by atoms with van der Waals surface area (Å²) in [6.45, 7) is 0.614. The van der Waals surface area contributed by atoms with E-state index in [9.17, 15) is 4.79 Å². The third-order valence-corrected chi connectivity index (χ3v) is 4.12. The number of nitrogens with one attached hydrogen (secondary N) is 2. The van der Waals surface area contributed by atoms with Crippen molar-refractivity contribution in [2.75, 3.05) is 19.0 Å². The molecule has 0 atom stereocenters. The first-order valence-corrected chi connectivity index (χ1v) is 8.94. The van der Waals surface area contributed by atoms with Crippen molar-refractivity contribution in [1.82, 2.24) is 10.3 Å². The Morgan fingerprint density at radius 1 is 1.00 bits per heavy atom. The zero-order valence-corrected chi connectivity index (χ0v) is 15.3. The molecule has 3 aromatic rings. The van der Waals surface area contributed by atoms with Crippen LogP contribution in [0.3, 0.4) is 0 Å². The number of nitrogens with zero attached hydrogens (tertiary/aromatic N) is 1. The first-order valence-electron chi connectivity index (χ1n) is 8.94. The second-order valence-corrected chi connectivity index (χ2v) is 6.13. The molecule has 0 fully saturated rings. The van der Waals surface area contributed by atoms with E-state index in [-0.39, 0.29) is 5.91 Å². The number of amides is 1. The molecule has 0 radical (unpaired) electrons. The second-order valence-electron chi connectivity index (χ2n) is 6.13. The Balaban J connectivity index is 1.53. The van der Waals surface area contributed by atoms with Gasteiger partial charge in [-0.1, -0.05) is 36.4 Å². The normalized spacial score (nSPS) is 10.3. The van der Waals surface area contributed by atoms with Gasteiger partial charge in [-0.05, 0) is 42.7 Å². The highest BCUT2D eigenvalue weighted by Crippen LogP contribution is 2.21. The van der Waals surface area contributed by atoms with Crippen LogP contribution in [0.1, 0.15) is 22.5 Å². The summed E-state index contributed by atoms with van der Waals surface area (Å²) in [7, 11) is 1.63. The van der Waals surface area contributed by atoms with E-state index in [0.29, 0.717) is 12.2 Å². The number of rotatable bonds is 8. The number of carbonyl (C=O) groups is 1. The van der Waals surface area contributed by atoms with E-state index in [1.54, 1.807) is 19.4 Å². The molecule has 27 heavy (non-hydrogen) atoms. The van der Waals surface area contributed by atoms with Crippen molar-refractivity contribution in [3.05, 3.63) is 84.2 Å². The van der Waals surface area contributed by atoms with Crippen molar-refractivity contribution in [3.63, 3.8) is 0 Å². The van der Waals surface area contributed by atoms with E-state index >= 15 is 0 Å². The minimum atomic E-state index is -0.169. The molecule has 0 aliphatic rings. The molecule has 0 unspecified atom stereocenters. The van der Waals surface area contributed by atoms with Crippen LogP contribution in [0.4, 0.5) is 11.4 Å². The van der Waals surface area contributed by atoms with Gasteiger partial charge in [0.15, 0.2) is 0 Å². The topological polar surface area (TPSA) is 63.2 Å². The van der Waals surface area contributed by atoms with Crippen LogP contribution in [0.25, 0.3) is 0 Å². The Morgan fingerprint density at radius 2 is 1.81 bits per heavy atom. The highest BCUT2D eigenvalue weighted by molar-refractivity contribution is 5.93. The zero-order valence-electron chi connectivity index (χ0n) is 15.3. The lowest BCUT2D eigenvalue weighted by atomic mass is 10.1. The first-order chi connectivity index (χ1) is 13.2. The van der Waals surface area contributed by atoms with Gasteiger partial charge in [-0.3, -0.25) is 9.78 Å². The van der Waals surface area contributed by atoms with Gasteiger partial charge in [0.05, 0.1) is 7.11 Å². The summed E-state index contributed by atoms with van der Waals surface area (Å²) in [4.78, 5) is 16.5. The number of aryl methyl sites for hydroxylation is 1. The summed E-state index contributed by atoms with van der Waals surface area (Å²) in [5.74, 6) is 0.600. The summed E-state index contributed by atoms with van der Waals surface area (Å²) in [5, 5.41) is 6.19. The van der Waals surface area contributed by atoms with Gasteiger partial charge in [0.1, 0.15) is 11.4 Å². The Kier molecular flexibility index (Phi) is 6.41. The summed E-state index contributed by atoms with van der Waals surface area (Å²) in [6, 6.07) is 21.4. The summed E-state index contributed by atoms with van der Waals surface area (Å²) in [5.41, 5.74) is 3.35. The largest absolute Gasteiger partial charge is 0.497 e. The third-order valence-electron chi connectivity index (χ3n) is 4.12. The summed E-state index contributed by atoms with van der Waals surface area (Å²) >= 11 is 0. The van der Waals surface area contributed by atoms with Crippen molar-refractivity contribution < 1.29 is 9.53 Å². The van der Waals surface area contributed by atoms with E-state index in [1.807, 2.05) is 48.5 Å². The average molecular weight is 361 g/mol. The van der Waals surface area contributed by atoms with Crippen molar-refractivity contribution in [3.8, 4) is 5.75 Å². The number of carbonyl (C=O) groups excluding carboxylic acids is 1. The van der Waals surface area contributed by atoms with Gasteiger partial charge in [-0.2, -0.15) is 0 Å². The molecule has 5 nitrogen and oxygen atoms in total. The fourth-order valence-electron chi connectivity index (χ4n) is 2.73. The highest BCUT2D eigenvalue weighted by Gasteiger charge is 2.08. The van der Waals surface area contributed by atoms with Crippen LogP contribution in [0, 0.1) is 0 Å². The molecule has 0 spiro atoms. The second kappa shape index (κ2) is 9.38. The molecule has 1 amide bonds. The molecule has 5 heteroatoms. The molecular weight excluding hydrogens is 338 g/mol. The molecule has 0 saturated carbocycles. The zero-order chi connectivity index (χ0) is 18.9. The minimum absolute atomic E-state index is 0.169. The standard InChI is InChI=1S/C22H23N3O2/c1-27-20-11-5-10-18(15-20)25-19-12-14-23-21(16-19)22(26)24-13-6-9-17-7-3-2-4-8-17/h2-5,7-8,10-12,14-16H,6,9,13H2,1H3,(H,23,25)(H,24,26). The van der Waals surface area contributed by atoms with E-state index < -0.39 is 0 Å². The van der Waals surface area contributed by atoms with Crippen LogP contribution < -0.4 is 15.4 Å². The number of hydrogen-bond donors (Lipinski definition) is 2. The lowest BCUT2D eigenvalue weighted by molar-refractivity contribution is 0.0948. The molecule has 1 heterocycles. The smallest absolute Gasteiger partial charge is 0.269 e. The highest BCUT2D eigenvalue weighted by atomic mass is 16.5. The number of methoxy groups -OCH3 is 1. The molecule has 0 saturated heterocycles. The molecule has 2 N–H and O–H groups in total. The molecule has 0 aliphatic carbocycles. The van der Waals surface area contributed by atoms with E-state index in [0.717, 1.165) is 30.0 Å². The summed E-state index contributed by atoms with van der Waals surface area (Å²) < 4.78 is 5.22. The Labute approximate surface area is 159 Å². The van der Waals surface area contributed by atoms with Crippen LogP contribution >= 0.6 is 0 Å². The predicted molar refractivity (Wildman–Crippen MR) is 108 cm³/mol. The van der Waals surface area contributed by atoms with Gasteiger partial charge in [0.2, 0.25) is 0 Å². The van der Waals surface area contributed by atoms with Crippen molar-refractivity contribution >= 4 is 17.3 Å². The van der Waals surface area contributed by atoms with Crippen LogP contribution in [0.15, 0.2) is 72.9 Å². The van der Waals surface area contributed by atoms with Crippen molar-refractivity contribution in [2.45, 2.75) is 12.8 Å². The fourth-order valence-corrected chi connectivity index (χ4v) is 2.73. The summed E-state index contributed by atoms with van der Waals surface area (Å²) in [6.07, 6.45) is 3.45. The number of hydrogen-bond acceptors (Lipinski definition) is 4. The van der Waals surface area contributed by atoms with Crippen LogP contribution in [0.5, 0.6) is 5.75 Å². The van der Waals surface area contributed by atoms with Crippen LogP contribution in [-0.2, 0) is 6.42 Å². The fraction of sp³-hybridized carbons (Fsp3) is 0.182. The average Bonchev–Trinajstić information content (AvgIpc) is 2.72. The maximum Gasteiger partial charge on any atom is 0.269 e. The minimum Gasteiger partial charge on any atom is -0.497 e. The van der Waals surface area contributed by atoms with E-state index in [2.05, 4.69) is 27.8 Å². The van der Waals surface area contributed by atoms with E-state index in [1.165, 1.54) is 5.56 Å². The number of ether oxygens (including phenoxy) is 1. The Morgan fingerprint density at radius 3 is 2.63 bits per heavy atom. The van der Waals surface area contributed by atoms with Crippen molar-refractivity contribution in [2.24, 2.45) is 0 Å². The number of anilines is 2. The number of pyridine rings is 1. The maximum absolute atomic E-state index is 12.3. The maximum atomic E-state index is 12.3. The van der Waals surface area contributed by atoms with Crippen LogP contribution in [-0.4, -0.2) is 24.5 Å². The lowest BCUT2D eigenvalue weighted by Gasteiger charge is -2.09. The van der Waals surface area contributed by atoms with Gasteiger partial charge >= 0.3 is 0 Å². The van der Waals surface area contributed by atoms with Gasteiger partial charge < -0.3 is 15.4 Å². The molecule has 0 aliphatic heterocycles. The third kappa shape index (κ3) is 5.57. The molecule has 1 aromatic heterocycles. The predicted octanol–water partition coefficient (Wildman–Crippen LogP) is 4.20. The van der Waals surface area contributed by atoms with Crippen LogP contribution in [0.2, 0.25) is 0 Å². The lowest BCUT2D eigenvalue weighted by Crippen LogP contribution is -2.25. The van der Waals surface area contributed by atoms with Gasteiger partial charge in [0, 0.05) is 30.2 Å². The van der Waals surface area contributed by atoms with Gasteiger partial charge in [-0.15, -0.1) is 0 Å². The SMILES string of the molecule is COc1cccc(Nc2ccnc(C(=O)NCCCc3ccccc3)c2)c1. The first kappa shape index (κ1) is 18.5. The van der Waals surface area contributed by atoms with Gasteiger partial charge in [0.25, 0.3) is 5.91 Å².